The lowest BCUT2D eigenvalue weighted by Gasteiger charge is -2.16. The molecule has 5 nitrogen and oxygen atoms in total. The molecule has 1 unspecified atom stereocenters. The fourth-order valence-electron chi connectivity index (χ4n) is 2.46. The molecular formula is C21H22N2O3. The molecule has 2 aromatic rings. The van der Waals surface area contributed by atoms with Gasteiger partial charge in [-0.3, -0.25) is 4.79 Å². The van der Waals surface area contributed by atoms with E-state index in [4.69, 9.17) is 14.7 Å². The third-order valence-electron chi connectivity index (χ3n) is 3.82. The van der Waals surface area contributed by atoms with Gasteiger partial charge in [0.2, 0.25) is 0 Å². The second-order valence-electron chi connectivity index (χ2n) is 5.72. The van der Waals surface area contributed by atoms with Crippen molar-refractivity contribution in [2.45, 2.75) is 19.9 Å². The first-order valence-corrected chi connectivity index (χ1v) is 8.30. The smallest absolute Gasteiger partial charge is 0.258 e. The summed E-state index contributed by atoms with van der Waals surface area (Å²) in [7, 11) is 1.56. The molecule has 0 saturated heterocycles. The van der Waals surface area contributed by atoms with Crippen molar-refractivity contribution in [3.05, 3.63) is 65.2 Å². The second-order valence-corrected chi connectivity index (χ2v) is 5.72. The molecule has 134 valence electrons. The normalized spacial score (nSPS) is 11.6. The maximum Gasteiger partial charge on any atom is 0.258 e. The highest BCUT2D eigenvalue weighted by atomic mass is 16.5. The predicted molar refractivity (Wildman–Crippen MR) is 101 cm³/mol. The van der Waals surface area contributed by atoms with Crippen molar-refractivity contribution in [3.8, 4) is 17.6 Å². The molecule has 5 heteroatoms. The standard InChI is InChI=1S/C21H22N2O3/c1-4-5-16-8-11-19(20(12-16)25-3)26-14-21(24)23-15(2)18-9-6-17(13-22)7-10-18/h4-12,15H,14H2,1-3H3,(H,23,24)/b5-4+. The van der Waals surface area contributed by atoms with E-state index in [2.05, 4.69) is 11.4 Å². The van der Waals surface area contributed by atoms with Crippen molar-refractivity contribution >= 4 is 12.0 Å². The minimum Gasteiger partial charge on any atom is -0.493 e. The van der Waals surface area contributed by atoms with E-state index in [1.807, 2.05) is 50.3 Å². The van der Waals surface area contributed by atoms with Crippen LogP contribution in [0.2, 0.25) is 0 Å². The quantitative estimate of drug-likeness (QED) is 0.823. The van der Waals surface area contributed by atoms with Gasteiger partial charge in [0.1, 0.15) is 0 Å². The summed E-state index contributed by atoms with van der Waals surface area (Å²) in [6, 6.07) is 14.5. The molecule has 2 rings (SSSR count). The van der Waals surface area contributed by atoms with E-state index in [0.717, 1.165) is 11.1 Å². The number of hydrogen-bond donors (Lipinski definition) is 1. The van der Waals surface area contributed by atoms with Crippen LogP contribution in [-0.4, -0.2) is 19.6 Å². The Bertz CT molecular complexity index is 820. The van der Waals surface area contributed by atoms with Gasteiger partial charge in [-0.15, -0.1) is 0 Å². The number of hydrogen-bond acceptors (Lipinski definition) is 4. The third-order valence-corrected chi connectivity index (χ3v) is 3.82. The fourth-order valence-corrected chi connectivity index (χ4v) is 2.46. The van der Waals surface area contributed by atoms with Crippen LogP contribution in [0.1, 0.15) is 36.6 Å². The third kappa shape index (κ3) is 5.12. The molecule has 26 heavy (non-hydrogen) atoms. The molecule has 2 aromatic carbocycles. The minimum atomic E-state index is -0.235. The van der Waals surface area contributed by atoms with Crippen molar-refractivity contribution in [3.63, 3.8) is 0 Å². The van der Waals surface area contributed by atoms with E-state index in [1.54, 1.807) is 25.3 Å². The second kappa shape index (κ2) is 9.28. The number of amides is 1. The number of carbonyl (C=O) groups excluding carboxylic acids is 1. The molecule has 1 atom stereocenters. The van der Waals surface area contributed by atoms with Crippen LogP contribution in [0.4, 0.5) is 0 Å². The van der Waals surface area contributed by atoms with E-state index in [0.29, 0.717) is 17.1 Å². The van der Waals surface area contributed by atoms with Crippen molar-refractivity contribution < 1.29 is 14.3 Å². The van der Waals surface area contributed by atoms with Gasteiger partial charge in [-0.05, 0) is 49.2 Å². The molecule has 0 heterocycles. The van der Waals surface area contributed by atoms with Crippen LogP contribution in [0.25, 0.3) is 6.08 Å². The number of nitriles is 1. The topological polar surface area (TPSA) is 71.3 Å². The zero-order valence-electron chi connectivity index (χ0n) is 15.2. The van der Waals surface area contributed by atoms with Gasteiger partial charge < -0.3 is 14.8 Å². The van der Waals surface area contributed by atoms with Crippen LogP contribution < -0.4 is 14.8 Å². The molecule has 0 aliphatic rings. The zero-order valence-corrected chi connectivity index (χ0v) is 15.2. The number of rotatable bonds is 7. The monoisotopic (exact) mass is 350 g/mol. The van der Waals surface area contributed by atoms with Gasteiger partial charge in [0, 0.05) is 0 Å². The van der Waals surface area contributed by atoms with Gasteiger partial charge in [0.15, 0.2) is 18.1 Å². The van der Waals surface area contributed by atoms with Gasteiger partial charge in [-0.25, -0.2) is 0 Å². The molecule has 0 spiro atoms. The first-order valence-electron chi connectivity index (χ1n) is 8.30. The Morgan fingerprint density at radius 3 is 2.58 bits per heavy atom. The highest BCUT2D eigenvalue weighted by molar-refractivity contribution is 5.78. The van der Waals surface area contributed by atoms with Crippen molar-refractivity contribution in [1.82, 2.24) is 5.32 Å². The Hall–Kier alpha value is -3.26. The number of methoxy groups -OCH3 is 1. The maximum atomic E-state index is 12.2. The summed E-state index contributed by atoms with van der Waals surface area (Å²) in [5.74, 6) is 0.858. The van der Waals surface area contributed by atoms with Crippen LogP contribution in [-0.2, 0) is 4.79 Å². The summed E-state index contributed by atoms with van der Waals surface area (Å²) in [6.45, 7) is 3.71. The van der Waals surface area contributed by atoms with Crippen molar-refractivity contribution in [2.24, 2.45) is 0 Å². The van der Waals surface area contributed by atoms with Gasteiger partial charge in [-0.1, -0.05) is 30.4 Å². The lowest BCUT2D eigenvalue weighted by Crippen LogP contribution is -2.31. The molecule has 0 bridgehead atoms. The lowest BCUT2D eigenvalue weighted by molar-refractivity contribution is -0.123. The first kappa shape index (κ1) is 19.1. The summed E-state index contributed by atoms with van der Waals surface area (Å²) in [6.07, 6.45) is 3.89. The Morgan fingerprint density at radius 1 is 1.23 bits per heavy atom. The predicted octanol–water partition coefficient (Wildman–Crippen LogP) is 3.86. The zero-order chi connectivity index (χ0) is 18.9. The van der Waals surface area contributed by atoms with Crippen LogP contribution in [0.15, 0.2) is 48.5 Å². The largest absolute Gasteiger partial charge is 0.493 e. The van der Waals surface area contributed by atoms with Crippen LogP contribution in [0, 0.1) is 11.3 Å². The molecule has 0 fully saturated rings. The average molecular weight is 350 g/mol. The SMILES string of the molecule is C/C=C/c1ccc(OCC(=O)NC(C)c2ccc(C#N)cc2)c(OC)c1. The Balaban J connectivity index is 1.94. The van der Waals surface area contributed by atoms with E-state index >= 15 is 0 Å². The van der Waals surface area contributed by atoms with Crippen LogP contribution in [0.3, 0.4) is 0 Å². The van der Waals surface area contributed by atoms with E-state index in [-0.39, 0.29) is 18.6 Å². The fraction of sp³-hybridized carbons (Fsp3) is 0.238. The summed E-state index contributed by atoms with van der Waals surface area (Å²) >= 11 is 0. The van der Waals surface area contributed by atoms with E-state index in [9.17, 15) is 4.79 Å². The van der Waals surface area contributed by atoms with Crippen LogP contribution >= 0.6 is 0 Å². The molecule has 0 aliphatic heterocycles. The van der Waals surface area contributed by atoms with Gasteiger partial charge in [-0.2, -0.15) is 5.26 Å². The average Bonchev–Trinajstić information content (AvgIpc) is 2.67. The number of nitrogens with zero attached hydrogens (tertiary/aromatic N) is 1. The summed E-state index contributed by atoms with van der Waals surface area (Å²) in [5.41, 5.74) is 2.50. The number of allylic oxidation sites excluding steroid dienone is 1. The Labute approximate surface area is 153 Å². The number of benzene rings is 2. The molecular weight excluding hydrogens is 328 g/mol. The summed E-state index contributed by atoms with van der Waals surface area (Å²) in [4.78, 5) is 12.2. The van der Waals surface area contributed by atoms with Gasteiger partial charge >= 0.3 is 0 Å². The highest BCUT2D eigenvalue weighted by Gasteiger charge is 2.12. The van der Waals surface area contributed by atoms with Crippen LogP contribution in [0.5, 0.6) is 11.5 Å². The molecule has 0 aliphatic carbocycles. The minimum absolute atomic E-state index is 0.111. The van der Waals surface area contributed by atoms with Crippen molar-refractivity contribution in [1.29, 1.82) is 5.26 Å². The van der Waals surface area contributed by atoms with E-state index < -0.39 is 0 Å². The number of carbonyl (C=O) groups is 1. The van der Waals surface area contributed by atoms with Gasteiger partial charge in [0.05, 0.1) is 24.8 Å². The van der Waals surface area contributed by atoms with Crippen molar-refractivity contribution in [2.75, 3.05) is 13.7 Å². The van der Waals surface area contributed by atoms with E-state index in [1.165, 1.54) is 0 Å². The molecule has 1 amide bonds. The highest BCUT2D eigenvalue weighted by Crippen LogP contribution is 2.28. The Kier molecular flexibility index (Phi) is 6.81. The number of nitrogens with one attached hydrogen (secondary N) is 1. The molecule has 0 radical (unpaired) electrons. The molecule has 0 saturated carbocycles. The molecule has 0 aromatic heterocycles. The Morgan fingerprint density at radius 2 is 1.96 bits per heavy atom. The first-order chi connectivity index (χ1) is 12.6. The number of ether oxygens (including phenoxy) is 2. The molecule has 1 N–H and O–H groups in total. The maximum absolute atomic E-state index is 12.2. The van der Waals surface area contributed by atoms with Gasteiger partial charge in [0.25, 0.3) is 5.91 Å². The lowest BCUT2D eigenvalue weighted by atomic mass is 10.1. The summed E-state index contributed by atoms with van der Waals surface area (Å²) in [5, 5.41) is 11.7. The summed E-state index contributed by atoms with van der Waals surface area (Å²) < 4.78 is 10.9.